The largest absolute Gasteiger partial charge is 0.348 e. The molecule has 1 aliphatic rings. The van der Waals surface area contributed by atoms with Crippen LogP contribution in [-0.4, -0.2) is 36.4 Å². The van der Waals surface area contributed by atoms with Crippen LogP contribution < -0.4 is 5.32 Å². The number of carbonyl (C=O) groups is 1. The van der Waals surface area contributed by atoms with Crippen molar-refractivity contribution >= 4 is 26.6 Å². The molecule has 23 heavy (non-hydrogen) atoms. The summed E-state index contributed by atoms with van der Waals surface area (Å²) in [5, 5.41) is 3.22. The van der Waals surface area contributed by atoms with Crippen LogP contribution in [0.1, 0.15) is 35.0 Å². The number of aromatic nitrogens is 1. The van der Waals surface area contributed by atoms with Crippen molar-refractivity contribution in [1.82, 2.24) is 10.3 Å². The van der Waals surface area contributed by atoms with Crippen LogP contribution in [0.15, 0.2) is 24.3 Å². The van der Waals surface area contributed by atoms with Crippen LogP contribution in [0.3, 0.4) is 0 Å². The predicted molar refractivity (Wildman–Crippen MR) is 90.3 cm³/mol. The molecule has 0 radical (unpaired) electrons. The van der Waals surface area contributed by atoms with Crippen molar-refractivity contribution in [3.63, 3.8) is 0 Å². The summed E-state index contributed by atoms with van der Waals surface area (Å²) in [5.74, 6) is -0.126. The summed E-state index contributed by atoms with van der Waals surface area (Å²) in [6.07, 6.45) is 0.467. The first-order chi connectivity index (χ1) is 10.8. The third-order valence-corrected chi connectivity index (χ3v) is 6.84. The highest BCUT2D eigenvalue weighted by Crippen LogP contribution is 2.22. The maximum Gasteiger partial charge on any atom is 0.253 e. The van der Waals surface area contributed by atoms with E-state index in [0.29, 0.717) is 17.7 Å². The average molecular weight is 332 g/mol. The second kappa shape index (κ2) is 5.60. The lowest BCUT2D eigenvalue weighted by Crippen LogP contribution is -2.40. The minimum Gasteiger partial charge on any atom is -0.348 e. The quantitative estimate of drug-likeness (QED) is 0.914. The van der Waals surface area contributed by atoms with Crippen LogP contribution in [0.4, 0.5) is 0 Å². The molecule has 0 unspecified atom stereocenters. The van der Waals surface area contributed by atoms with Gasteiger partial charge in [0.05, 0.1) is 27.8 Å². The lowest BCUT2D eigenvalue weighted by molar-refractivity contribution is 0.0936. The van der Waals surface area contributed by atoms with Crippen LogP contribution in [-0.2, 0) is 9.84 Å². The number of sulfone groups is 1. The van der Waals surface area contributed by atoms with Crippen LogP contribution >= 0.6 is 0 Å². The zero-order chi connectivity index (χ0) is 16.8. The fourth-order valence-electron chi connectivity index (χ4n) is 3.00. The van der Waals surface area contributed by atoms with Crippen molar-refractivity contribution < 1.29 is 13.2 Å². The van der Waals surface area contributed by atoms with Gasteiger partial charge in [-0.15, -0.1) is 0 Å². The Kier molecular flexibility index (Phi) is 3.88. The summed E-state index contributed by atoms with van der Waals surface area (Å²) in [4.78, 5) is 17.0. The van der Waals surface area contributed by atoms with Gasteiger partial charge < -0.3 is 5.32 Å². The van der Waals surface area contributed by atoms with E-state index >= 15 is 0 Å². The number of hydrogen-bond acceptors (Lipinski definition) is 4. The first-order valence-electron chi connectivity index (χ1n) is 7.68. The molecule has 0 bridgehead atoms. The lowest BCUT2D eigenvalue weighted by atomic mass is 10.1. The maximum absolute atomic E-state index is 12.5. The predicted octanol–water partition coefficient (Wildman–Crippen LogP) is 2.16. The Morgan fingerprint density at radius 3 is 2.65 bits per heavy atom. The number of rotatable bonds is 2. The Labute approximate surface area is 136 Å². The van der Waals surface area contributed by atoms with Gasteiger partial charge in [0.15, 0.2) is 9.84 Å². The molecule has 1 aromatic carbocycles. The molecule has 6 heteroatoms. The number of pyridine rings is 1. The smallest absolute Gasteiger partial charge is 0.253 e. The van der Waals surface area contributed by atoms with E-state index in [9.17, 15) is 13.2 Å². The number of amides is 1. The molecule has 2 aromatic rings. The van der Waals surface area contributed by atoms with E-state index in [-0.39, 0.29) is 17.7 Å². The fraction of sp³-hybridized carbons (Fsp3) is 0.412. The van der Waals surface area contributed by atoms with Gasteiger partial charge in [-0.2, -0.15) is 0 Å². The number of benzene rings is 1. The number of nitrogens with zero attached hydrogens (tertiary/aromatic N) is 1. The molecule has 0 saturated carbocycles. The Hall–Kier alpha value is -1.95. The first-order valence-corrected chi connectivity index (χ1v) is 9.40. The minimum atomic E-state index is -3.08. The van der Waals surface area contributed by atoms with Gasteiger partial charge in [0.2, 0.25) is 0 Å². The molecule has 1 aliphatic heterocycles. The summed E-state index contributed by atoms with van der Waals surface area (Å²) in [5.41, 5.74) is 3.12. The summed E-state index contributed by atoms with van der Waals surface area (Å²) in [7, 11) is -3.08. The molecule has 0 spiro atoms. The van der Waals surface area contributed by atoms with Crippen molar-refractivity contribution in [3.8, 4) is 0 Å². The van der Waals surface area contributed by atoms with Gasteiger partial charge in [-0.3, -0.25) is 9.78 Å². The van der Waals surface area contributed by atoms with Crippen LogP contribution in [0.5, 0.6) is 0 Å². The molecular weight excluding hydrogens is 312 g/mol. The highest BCUT2D eigenvalue weighted by Gasteiger charge is 2.37. The van der Waals surface area contributed by atoms with Gasteiger partial charge in [-0.05, 0) is 44.9 Å². The second-order valence-electron chi connectivity index (χ2n) is 6.26. The van der Waals surface area contributed by atoms with Crippen molar-refractivity contribution in [2.45, 2.75) is 38.5 Å². The molecule has 1 N–H and O–H groups in total. The van der Waals surface area contributed by atoms with Gasteiger partial charge in [0, 0.05) is 11.4 Å². The minimum absolute atomic E-state index is 0.132. The van der Waals surface area contributed by atoms with E-state index in [0.717, 1.165) is 16.5 Å². The Balaban J connectivity index is 1.89. The second-order valence-corrected chi connectivity index (χ2v) is 8.74. The first kappa shape index (κ1) is 15.9. The Morgan fingerprint density at radius 1 is 1.26 bits per heavy atom. The SMILES string of the molecule is Cc1ccc2cc(C(=O)N[C@H]3CCS(=O)(=O)[C@H]3C)c(C)nc2c1. The Morgan fingerprint density at radius 2 is 2.00 bits per heavy atom. The molecule has 1 saturated heterocycles. The van der Waals surface area contributed by atoms with Gasteiger partial charge in [-0.25, -0.2) is 8.42 Å². The monoisotopic (exact) mass is 332 g/mol. The number of hydrogen-bond donors (Lipinski definition) is 1. The molecule has 122 valence electrons. The number of fused-ring (bicyclic) bond motifs is 1. The molecule has 5 nitrogen and oxygen atoms in total. The summed E-state index contributed by atoms with van der Waals surface area (Å²) < 4.78 is 23.6. The molecule has 0 aliphatic carbocycles. The highest BCUT2D eigenvalue weighted by atomic mass is 32.2. The molecule has 1 fully saturated rings. The highest BCUT2D eigenvalue weighted by molar-refractivity contribution is 7.92. The lowest BCUT2D eigenvalue weighted by Gasteiger charge is -2.17. The van der Waals surface area contributed by atoms with E-state index in [1.54, 1.807) is 13.8 Å². The van der Waals surface area contributed by atoms with Gasteiger partial charge >= 0.3 is 0 Å². The molecular formula is C17H20N2O3S. The van der Waals surface area contributed by atoms with Crippen molar-refractivity contribution in [2.75, 3.05) is 5.75 Å². The maximum atomic E-state index is 12.5. The molecule has 2 atom stereocenters. The van der Waals surface area contributed by atoms with Crippen LogP contribution in [0.2, 0.25) is 0 Å². The Bertz CT molecular complexity index is 890. The molecule has 3 rings (SSSR count). The summed E-state index contributed by atoms with van der Waals surface area (Å²) in [6, 6.07) is 7.39. The average Bonchev–Trinajstić information content (AvgIpc) is 2.73. The van der Waals surface area contributed by atoms with E-state index in [1.807, 2.05) is 31.2 Å². The van der Waals surface area contributed by atoms with Crippen molar-refractivity contribution in [3.05, 3.63) is 41.1 Å². The topological polar surface area (TPSA) is 76.1 Å². The zero-order valence-electron chi connectivity index (χ0n) is 13.5. The zero-order valence-corrected chi connectivity index (χ0v) is 14.3. The fourth-order valence-corrected chi connectivity index (χ4v) is 4.66. The number of nitrogens with one attached hydrogen (secondary N) is 1. The standard InChI is InChI=1S/C17H20N2O3S/c1-10-4-5-13-9-14(11(2)18-16(13)8-10)17(20)19-15-6-7-23(21,22)12(15)3/h4-5,8-9,12,15H,6-7H2,1-3H3,(H,19,20)/t12-,15-/m0/s1. The van der Waals surface area contributed by atoms with E-state index < -0.39 is 15.1 Å². The molecule has 2 heterocycles. The number of carbonyl (C=O) groups excluding carboxylic acids is 1. The van der Waals surface area contributed by atoms with Crippen molar-refractivity contribution in [2.24, 2.45) is 0 Å². The molecule has 1 amide bonds. The van der Waals surface area contributed by atoms with E-state index in [1.165, 1.54) is 0 Å². The normalized spacial score (nSPS) is 23.1. The summed E-state index contributed by atoms with van der Waals surface area (Å²) >= 11 is 0. The number of aryl methyl sites for hydroxylation is 2. The summed E-state index contributed by atoms with van der Waals surface area (Å²) in [6.45, 7) is 5.45. The van der Waals surface area contributed by atoms with Crippen LogP contribution in [0, 0.1) is 13.8 Å². The third-order valence-electron chi connectivity index (χ3n) is 4.57. The van der Waals surface area contributed by atoms with Crippen molar-refractivity contribution in [1.29, 1.82) is 0 Å². The van der Waals surface area contributed by atoms with E-state index in [2.05, 4.69) is 10.3 Å². The van der Waals surface area contributed by atoms with Gasteiger partial charge in [-0.1, -0.05) is 12.1 Å². The van der Waals surface area contributed by atoms with Crippen LogP contribution in [0.25, 0.3) is 10.9 Å². The van der Waals surface area contributed by atoms with Gasteiger partial charge in [0.1, 0.15) is 0 Å². The third kappa shape index (κ3) is 2.95. The molecule has 1 aromatic heterocycles. The van der Waals surface area contributed by atoms with E-state index in [4.69, 9.17) is 0 Å². The van der Waals surface area contributed by atoms with Gasteiger partial charge in [0.25, 0.3) is 5.91 Å².